The van der Waals surface area contributed by atoms with E-state index in [4.69, 9.17) is 11.6 Å². The van der Waals surface area contributed by atoms with Crippen LogP contribution in [0, 0.1) is 11.8 Å². The van der Waals surface area contributed by atoms with Gasteiger partial charge in [0.2, 0.25) is 5.28 Å². The summed E-state index contributed by atoms with van der Waals surface area (Å²) in [6, 6.07) is 10.6. The quantitative estimate of drug-likeness (QED) is 0.809. The van der Waals surface area contributed by atoms with E-state index in [9.17, 15) is 0 Å². The van der Waals surface area contributed by atoms with E-state index < -0.39 is 0 Å². The van der Waals surface area contributed by atoms with E-state index in [-0.39, 0.29) is 0 Å². The molecule has 0 spiro atoms. The second-order valence-electron chi connectivity index (χ2n) is 5.99. The molecule has 0 saturated heterocycles. The molecule has 4 heteroatoms. The SMILES string of the molecule is CC1CCC(n2c(Cl)nnc2-c2ccccc2)C(C)C1. The normalized spacial score (nSPS) is 26.6. The van der Waals surface area contributed by atoms with E-state index in [1.165, 1.54) is 12.8 Å². The smallest absolute Gasteiger partial charge is 0.225 e. The zero-order chi connectivity index (χ0) is 14.1. The highest BCUT2D eigenvalue weighted by molar-refractivity contribution is 6.28. The van der Waals surface area contributed by atoms with Gasteiger partial charge in [0, 0.05) is 11.6 Å². The summed E-state index contributed by atoms with van der Waals surface area (Å²) >= 11 is 6.32. The highest BCUT2D eigenvalue weighted by Gasteiger charge is 2.30. The molecule has 1 aliphatic carbocycles. The van der Waals surface area contributed by atoms with Crippen molar-refractivity contribution in [1.82, 2.24) is 14.8 Å². The molecule has 0 N–H and O–H groups in total. The molecule has 0 bridgehead atoms. The van der Waals surface area contributed by atoms with E-state index in [0.717, 1.165) is 23.7 Å². The average molecular weight is 290 g/mol. The minimum Gasteiger partial charge on any atom is -0.294 e. The summed E-state index contributed by atoms with van der Waals surface area (Å²) in [6.45, 7) is 4.64. The molecule has 3 nitrogen and oxygen atoms in total. The average Bonchev–Trinajstić information content (AvgIpc) is 2.82. The summed E-state index contributed by atoms with van der Waals surface area (Å²) in [4.78, 5) is 0. The standard InChI is InChI=1S/C16H20ClN3/c1-11-8-9-14(12(2)10-11)20-15(18-19-16(20)17)13-6-4-3-5-7-13/h3-7,11-12,14H,8-10H2,1-2H3. The van der Waals surface area contributed by atoms with Gasteiger partial charge in [-0.05, 0) is 42.7 Å². The second kappa shape index (κ2) is 5.57. The van der Waals surface area contributed by atoms with Gasteiger partial charge in [0.05, 0.1) is 0 Å². The monoisotopic (exact) mass is 289 g/mol. The van der Waals surface area contributed by atoms with Gasteiger partial charge in [-0.1, -0.05) is 44.2 Å². The summed E-state index contributed by atoms with van der Waals surface area (Å²) < 4.78 is 2.13. The fourth-order valence-electron chi connectivity index (χ4n) is 3.38. The fourth-order valence-corrected chi connectivity index (χ4v) is 3.63. The van der Waals surface area contributed by atoms with Gasteiger partial charge in [-0.15, -0.1) is 10.2 Å². The molecular weight excluding hydrogens is 270 g/mol. The van der Waals surface area contributed by atoms with Gasteiger partial charge in [0.1, 0.15) is 0 Å². The van der Waals surface area contributed by atoms with Gasteiger partial charge in [-0.3, -0.25) is 4.57 Å². The maximum Gasteiger partial charge on any atom is 0.225 e. The molecule has 0 amide bonds. The topological polar surface area (TPSA) is 30.7 Å². The van der Waals surface area contributed by atoms with Crippen LogP contribution in [0.1, 0.15) is 39.2 Å². The molecule has 2 aromatic rings. The molecule has 1 aromatic carbocycles. The van der Waals surface area contributed by atoms with E-state index in [0.29, 0.717) is 17.2 Å². The van der Waals surface area contributed by atoms with Crippen LogP contribution in [0.4, 0.5) is 0 Å². The second-order valence-corrected chi connectivity index (χ2v) is 6.33. The van der Waals surface area contributed by atoms with Crippen molar-refractivity contribution in [3.63, 3.8) is 0 Å². The van der Waals surface area contributed by atoms with Crippen molar-refractivity contribution in [2.45, 2.75) is 39.2 Å². The van der Waals surface area contributed by atoms with E-state index in [1.807, 2.05) is 18.2 Å². The van der Waals surface area contributed by atoms with E-state index in [1.54, 1.807) is 0 Å². The first-order valence-corrected chi connectivity index (χ1v) is 7.70. The number of nitrogens with zero attached hydrogens (tertiary/aromatic N) is 3. The van der Waals surface area contributed by atoms with Crippen molar-refractivity contribution in [2.75, 3.05) is 0 Å². The predicted molar refractivity (Wildman–Crippen MR) is 81.7 cm³/mol. The lowest BCUT2D eigenvalue weighted by molar-refractivity contribution is 0.209. The van der Waals surface area contributed by atoms with Crippen LogP contribution in [0.15, 0.2) is 30.3 Å². The minimum atomic E-state index is 0.406. The third kappa shape index (κ3) is 2.47. The Morgan fingerprint density at radius 1 is 1.10 bits per heavy atom. The Labute approximate surface area is 125 Å². The van der Waals surface area contributed by atoms with Crippen LogP contribution in [0.3, 0.4) is 0 Å². The lowest BCUT2D eigenvalue weighted by atomic mass is 9.79. The van der Waals surface area contributed by atoms with Crippen LogP contribution < -0.4 is 0 Å². The molecule has 0 radical (unpaired) electrons. The number of hydrogen-bond donors (Lipinski definition) is 0. The first kappa shape index (κ1) is 13.6. The van der Waals surface area contributed by atoms with Crippen molar-refractivity contribution >= 4 is 11.6 Å². The van der Waals surface area contributed by atoms with E-state index in [2.05, 4.69) is 40.7 Å². The summed E-state index contributed by atoms with van der Waals surface area (Å²) in [7, 11) is 0. The van der Waals surface area contributed by atoms with Gasteiger partial charge < -0.3 is 0 Å². The minimum absolute atomic E-state index is 0.406. The van der Waals surface area contributed by atoms with Crippen LogP contribution in [-0.2, 0) is 0 Å². The number of halogens is 1. The van der Waals surface area contributed by atoms with Crippen LogP contribution >= 0.6 is 11.6 Å². The lowest BCUT2D eigenvalue weighted by Crippen LogP contribution is -2.25. The Hall–Kier alpha value is -1.35. The maximum atomic E-state index is 6.32. The molecule has 106 valence electrons. The molecule has 1 saturated carbocycles. The number of rotatable bonds is 2. The molecule has 20 heavy (non-hydrogen) atoms. The van der Waals surface area contributed by atoms with Crippen LogP contribution in [0.25, 0.3) is 11.4 Å². The largest absolute Gasteiger partial charge is 0.294 e. The predicted octanol–water partition coefficient (Wildman–Crippen LogP) is 4.60. The molecular formula is C16H20ClN3. The molecule has 1 heterocycles. The van der Waals surface area contributed by atoms with Crippen molar-refractivity contribution in [2.24, 2.45) is 11.8 Å². The van der Waals surface area contributed by atoms with Crippen LogP contribution in [0.5, 0.6) is 0 Å². The maximum absolute atomic E-state index is 6.32. The highest BCUT2D eigenvalue weighted by atomic mass is 35.5. The van der Waals surface area contributed by atoms with Gasteiger partial charge in [0.15, 0.2) is 5.82 Å². The van der Waals surface area contributed by atoms with Crippen molar-refractivity contribution < 1.29 is 0 Å². The molecule has 3 rings (SSSR count). The van der Waals surface area contributed by atoms with Gasteiger partial charge in [-0.2, -0.15) is 0 Å². The summed E-state index contributed by atoms with van der Waals surface area (Å²) in [5.74, 6) is 2.30. The first-order valence-electron chi connectivity index (χ1n) is 7.32. The molecule has 1 fully saturated rings. The molecule has 1 aliphatic rings. The zero-order valence-electron chi connectivity index (χ0n) is 12.0. The number of aromatic nitrogens is 3. The Balaban J connectivity index is 2.00. The van der Waals surface area contributed by atoms with Crippen LogP contribution in [-0.4, -0.2) is 14.8 Å². The Bertz CT molecular complexity index is 579. The van der Waals surface area contributed by atoms with Gasteiger partial charge >= 0.3 is 0 Å². The highest BCUT2D eigenvalue weighted by Crippen LogP contribution is 2.40. The van der Waals surface area contributed by atoms with Gasteiger partial charge in [-0.25, -0.2) is 0 Å². The summed E-state index contributed by atoms with van der Waals surface area (Å²) in [5, 5.41) is 8.91. The van der Waals surface area contributed by atoms with E-state index >= 15 is 0 Å². The Morgan fingerprint density at radius 3 is 2.55 bits per heavy atom. The summed E-state index contributed by atoms with van der Waals surface area (Å²) in [6.07, 6.45) is 3.64. The Kier molecular flexibility index (Phi) is 3.79. The Morgan fingerprint density at radius 2 is 1.85 bits per heavy atom. The number of benzene rings is 1. The van der Waals surface area contributed by atoms with Crippen molar-refractivity contribution in [1.29, 1.82) is 0 Å². The number of hydrogen-bond acceptors (Lipinski definition) is 2. The van der Waals surface area contributed by atoms with Gasteiger partial charge in [0.25, 0.3) is 0 Å². The van der Waals surface area contributed by atoms with Crippen molar-refractivity contribution in [3.8, 4) is 11.4 Å². The molecule has 3 unspecified atom stereocenters. The zero-order valence-corrected chi connectivity index (χ0v) is 12.7. The summed E-state index contributed by atoms with van der Waals surface area (Å²) in [5.41, 5.74) is 1.08. The lowest BCUT2D eigenvalue weighted by Gasteiger charge is -2.34. The molecule has 1 aromatic heterocycles. The first-order chi connectivity index (χ1) is 9.66. The fraction of sp³-hybridized carbons (Fsp3) is 0.500. The molecule has 3 atom stereocenters. The molecule has 0 aliphatic heterocycles. The van der Waals surface area contributed by atoms with Crippen LogP contribution in [0.2, 0.25) is 5.28 Å². The third-order valence-electron chi connectivity index (χ3n) is 4.40. The van der Waals surface area contributed by atoms with Crippen molar-refractivity contribution in [3.05, 3.63) is 35.6 Å². The third-order valence-corrected chi connectivity index (χ3v) is 4.66.